The first-order chi connectivity index (χ1) is 9.63. The molecule has 0 aromatic heterocycles. The van der Waals surface area contributed by atoms with Crippen molar-refractivity contribution in [1.29, 1.82) is 0 Å². The molecule has 20 heavy (non-hydrogen) atoms. The summed E-state index contributed by atoms with van der Waals surface area (Å²) in [5.74, 6) is -0.00847. The van der Waals surface area contributed by atoms with Crippen molar-refractivity contribution >= 4 is 22.5 Å². The maximum absolute atomic E-state index is 10.7. The van der Waals surface area contributed by atoms with E-state index in [1.807, 2.05) is 25.1 Å². The molecule has 0 saturated heterocycles. The molecule has 0 radical (unpaired) electrons. The summed E-state index contributed by atoms with van der Waals surface area (Å²) in [6.45, 7) is 3.47. The lowest BCUT2D eigenvalue weighted by Crippen LogP contribution is -2.11. The number of carbonyl (C=O) groups is 1. The van der Waals surface area contributed by atoms with Crippen molar-refractivity contribution in [1.82, 2.24) is 5.32 Å². The Morgan fingerprint density at radius 3 is 2.70 bits per heavy atom. The molecule has 0 atom stereocenters. The van der Waals surface area contributed by atoms with Gasteiger partial charge in [-0.1, -0.05) is 36.3 Å². The quantitative estimate of drug-likeness (QED) is 0.746. The Kier molecular flexibility index (Phi) is 4.27. The first kappa shape index (κ1) is 14.0. The number of benzene rings is 2. The summed E-state index contributed by atoms with van der Waals surface area (Å²) in [6.07, 6.45) is 0. The van der Waals surface area contributed by atoms with Gasteiger partial charge in [-0.2, -0.15) is 0 Å². The molecule has 2 amide bonds. The second kappa shape index (κ2) is 6.12. The third-order valence-electron chi connectivity index (χ3n) is 2.90. The summed E-state index contributed by atoms with van der Waals surface area (Å²) in [6, 6.07) is 8.26. The lowest BCUT2D eigenvalue weighted by atomic mass is 10.0. The number of nitrogens with two attached hydrogens (primary N) is 1. The predicted octanol–water partition coefficient (Wildman–Crippen LogP) is 2.82. The third-order valence-corrected chi connectivity index (χ3v) is 2.90. The molecule has 104 valence electrons. The second-order valence-corrected chi connectivity index (χ2v) is 4.27. The van der Waals surface area contributed by atoms with Crippen molar-refractivity contribution in [3.8, 4) is 5.75 Å². The van der Waals surface area contributed by atoms with Gasteiger partial charge in [-0.25, -0.2) is 4.79 Å². The maximum atomic E-state index is 10.7. The van der Waals surface area contributed by atoms with Gasteiger partial charge in [0.15, 0.2) is 5.75 Å². The number of hydrogen-bond donors (Lipinski definition) is 3. The zero-order chi connectivity index (χ0) is 14.5. The highest BCUT2D eigenvalue weighted by Gasteiger charge is 2.10. The van der Waals surface area contributed by atoms with E-state index >= 15 is 0 Å². The first-order valence-electron chi connectivity index (χ1n) is 6.29. The van der Waals surface area contributed by atoms with Gasteiger partial charge in [0.25, 0.3) is 0 Å². The van der Waals surface area contributed by atoms with Gasteiger partial charge < -0.3 is 16.2 Å². The van der Waals surface area contributed by atoms with Crippen molar-refractivity contribution < 1.29 is 9.90 Å². The van der Waals surface area contributed by atoms with Gasteiger partial charge >= 0.3 is 6.03 Å². The van der Waals surface area contributed by atoms with Crippen LogP contribution in [0.15, 0.2) is 40.6 Å². The van der Waals surface area contributed by atoms with Crippen molar-refractivity contribution in [2.45, 2.75) is 13.5 Å². The minimum Gasteiger partial charge on any atom is -0.505 e. The van der Waals surface area contributed by atoms with Crippen LogP contribution in [0.2, 0.25) is 0 Å². The van der Waals surface area contributed by atoms with E-state index in [1.165, 1.54) is 0 Å². The molecule has 4 N–H and O–H groups in total. The molecule has 6 heteroatoms. The van der Waals surface area contributed by atoms with Gasteiger partial charge in [-0.05, 0) is 23.6 Å². The smallest absolute Gasteiger partial charge is 0.356 e. The molecule has 0 spiro atoms. The summed E-state index contributed by atoms with van der Waals surface area (Å²) in [5.41, 5.74) is 6.13. The van der Waals surface area contributed by atoms with Crippen LogP contribution >= 0.6 is 0 Å². The van der Waals surface area contributed by atoms with Gasteiger partial charge in [0.2, 0.25) is 0 Å². The number of fused-ring (bicyclic) bond motifs is 1. The summed E-state index contributed by atoms with van der Waals surface area (Å²) >= 11 is 0. The summed E-state index contributed by atoms with van der Waals surface area (Å²) in [7, 11) is 0. The highest BCUT2D eigenvalue weighted by molar-refractivity contribution is 5.95. The van der Waals surface area contributed by atoms with Crippen LogP contribution in [0.1, 0.15) is 12.5 Å². The van der Waals surface area contributed by atoms with Gasteiger partial charge in [-0.3, -0.25) is 0 Å². The number of phenols is 1. The van der Waals surface area contributed by atoms with Crippen LogP contribution in [0.25, 0.3) is 10.8 Å². The number of amides is 2. The molecule has 0 unspecified atom stereocenters. The topological polar surface area (TPSA) is 100 Å². The summed E-state index contributed by atoms with van der Waals surface area (Å²) in [4.78, 5) is 10.7. The molecule has 2 aromatic carbocycles. The van der Waals surface area contributed by atoms with E-state index in [0.29, 0.717) is 11.9 Å². The van der Waals surface area contributed by atoms with E-state index in [1.54, 1.807) is 12.1 Å². The Morgan fingerprint density at radius 1 is 1.35 bits per heavy atom. The standard InChI is InChI=1S/C14H16N4O2/c1-2-16-8-9-7-12(17-18-14(15)20)13(19)11-6-4-3-5-10(9)11/h3-7,16,19H,2,8H2,1H3,(H2,15,20). The molecule has 0 aliphatic carbocycles. The number of nitrogens with zero attached hydrogens (tertiary/aromatic N) is 2. The Labute approximate surface area is 116 Å². The number of azo groups is 1. The molecule has 0 saturated carbocycles. The monoisotopic (exact) mass is 272 g/mol. The zero-order valence-electron chi connectivity index (χ0n) is 11.1. The van der Waals surface area contributed by atoms with E-state index in [0.717, 1.165) is 17.5 Å². The number of hydrogen-bond acceptors (Lipinski definition) is 4. The van der Waals surface area contributed by atoms with Crippen molar-refractivity contribution in [2.75, 3.05) is 6.54 Å². The van der Waals surface area contributed by atoms with Crippen LogP contribution in [-0.2, 0) is 6.54 Å². The van der Waals surface area contributed by atoms with E-state index in [2.05, 4.69) is 15.5 Å². The second-order valence-electron chi connectivity index (χ2n) is 4.27. The van der Waals surface area contributed by atoms with Crippen LogP contribution in [0.3, 0.4) is 0 Å². The van der Waals surface area contributed by atoms with Gasteiger partial charge in [0.1, 0.15) is 5.69 Å². The maximum Gasteiger partial charge on any atom is 0.356 e. The number of phenolic OH excluding ortho intramolecular Hbond substituents is 1. The van der Waals surface area contributed by atoms with E-state index < -0.39 is 6.03 Å². The van der Waals surface area contributed by atoms with E-state index in [4.69, 9.17) is 5.73 Å². The first-order valence-corrected chi connectivity index (χ1v) is 6.29. The molecule has 2 aromatic rings. The molecule has 6 nitrogen and oxygen atoms in total. The Hall–Kier alpha value is -2.47. The predicted molar refractivity (Wildman–Crippen MR) is 77.1 cm³/mol. The van der Waals surface area contributed by atoms with Crippen molar-refractivity contribution in [2.24, 2.45) is 16.0 Å². The molecule has 0 aliphatic heterocycles. The normalized spacial score (nSPS) is 11.2. The fraction of sp³-hybridized carbons (Fsp3) is 0.214. The molecule has 0 bridgehead atoms. The van der Waals surface area contributed by atoms with Crippen LogP contribution in [-0.4, -0.2) is 17.7 Å². The van der Waals surface area contributed by atoms with E-state index in [-0.39, 0.29) is 11.4 Å². The highest BCUT2D eigenvalue weighted by atomic mass is 16.3. The lowest BCUT2D eigenvalue weighted by molar-refractivity contribution is 0.255. The number of rotatable bonds is 4. The fourth-order valence-electron chi connectivity index (χ4n) is 2.00. The molecule has 0 aliphatic rings. The minimum atomic E-state index is -0.897. The summed E-state index contributed by atoms with van der Waals surface area (Å²) < 4.78 is 0. The van der Waals surface area contributed by atoms with Crippen LogP contribution in [0.5, 0.6) is 5.75 Å². The number of carbonyl (C=O) groups excluding carboxylic acids is 1. The average Bonchev–Trinajstić information content (AvgIpc) is 2.45. The zero-order valence-corrected chi connectivity index (χ0v) is 11.1. The lowest BCUT2D eigenvalue weighted by Gasteiger charge is -2.10. The van der Waals surface area contributed by atoms with Crippen LogP contribution in [0.4, 0.5) is 10.5 Å². The third kappa shape index (κ3) is 2.92. The van der Waals surface area contributed by atoms with E-state index in [9.17, 15) is 9.90 Å². The Bertz CT molecular complexity index is 668. The average molecular weight is 272 g/mol. The summed E-state index contributed by atoms with van der Waals surface area (Å²) in [5, 5.41) is 22.0. The van der Waals surface area contributed by atoms with Crippen molar-refractivity contribution in [3.63, 3.8) is 0 Å². The van der Waals surface area contributed by atoms with Crippen LogP contribution in [0, 0.1) is 0 Å². The van der Waals surface area contributed by atoms with Crippen LogP contribution < -0.4 is 11.1 Å². The molecule has 0 fully saturated rings. The van der Waals surface area contributed by atoms with Crippen molar-refractivity contribution in [3.05, 3.63) is 35.9 Å². The highest BCUT2D eigenvalue weighted by Crippen LogP contribution is 2.37. The molecular formula is C14H16N4O2. The molecule has 2 rings (SSSR count). The SMILES string of the molecule is CCNCc1cc(N=NC(N)=O)c(O)c2ccccc12. The Morgan fingerprint density at radius 2 is 2.05 bits per heavy atom. The Balaban J connectivity index is 2.58. The number of aromatic hydroxyl groups is 1. The largest absolute Gasteiger partial charge is 0.505 e. The number of urea groups is 1. The fourth-order valence-corrected chi connectivity index (χ4v) is 2.00. The molecular weight excluding hydrogens is 256 g/mol. The number of nitrogens with one attached hydrogen (secondary N) is 1. The molecule has 0 heterocycles. The van der Waals surface area contributed by atoms with Gasteiger partial charge in [0, 0.05) is 11.9 Å². The number of primary amides is 1. The van der Waals surface area contributed by atoms with Gasteiger partial charge in [0.05, 0.1) is 0 Å². The minimum absolute atomic E-state index is 0.00847. The van der Waals surface area contributed by atoms with Gasteiger partial charge in [-0.15, -0.1) is 5.11 Å².